The summed E-state index contributed by atoms with van der Waals surface area (Å²) in [5.41, 5.74) is 4.07. The molecule has 0 amide bonds. The quantitative estimate of drug-likeness (QED) is 0.773. The Hall–Kier alpha value is -2.41. The van der Waals surface area contributed by atoms with E-state index in [1.165, 1.54) is 0 Å². The van der Waals surface area contributed by atoms with Crippen molar-refractivity contribution in [3.63, 3.8) is 0 Å². The molecule has 0 aromatic heterocycles. The fourth-order valence-corrected chi connectivity index (χ4v) is 2.37. The Balaban J connectivity index is 2.16. The van der Waals surface area contributed by atoms with E-state index in [0.717, 1.165) is 22.3 Å². The summed E-state index contributed by atoms with van der Waals surface area (Å²) < 4.78 is 0. The molecule has 19 heavy (non-hydrogen) atoms. The first-order valence-corrected chi connectivity index (χ1v) is 6.41. The van der Waals surface area contributed by atoms with Gasteiger partial charge in [0.05, 0.1) is 0 Å². The molecule has 0 saturated carbocycles. The lowest BCUT2D eigenvalue weighted by molar-refractivity contribution is -0.113. The Morgan fingerprint density at radius 3 is 2.21 bits per heavy atom. The fourth-order valence-electron chi connectivity index (χ4n) is 2.37. The Kier molecular flexibility index (Phi) is 3.11. The van der Waals surface area contributed by atoms with Gasteiger partial charge in [-0.05, 0) is 16.7 Å². The number of carbonyl (C=O) groups is 1. The van der Waals surface area contributed by atoms with Crippen molar-refractivity contribution in [3.8, 4) is 11.1 Å². The maximum absolute atomic E-state index is 12.1. The van der Waals surface area contributed by atoms with Crippen LogP contribution in [0.3, 0.4) is 0 Å². The highest BCUT2D eigenvalue weighted by molar-refractivity contribution is 6.23. The molecular formula is C18H14O. The van der Waals surface area contributed by atoms with Crippen molar-refractivity contribution in [2.24, 2.45) is 0 Å². The predicted octanol–water partition coefficient (Wildman–Crippen LogP) is 4.27. The zero-order chi connectivity index (χ0) is 13.1. The number of Topliss-reactive ketones (excluding diaryl/α,β-unsaturated/α-hetero) is 1. The first kappa shape index (κ1) is 11.7. The summed E-state index contributed by atoms with van der Waals surface area (Å²) in [5.74, 6) is 0.186. The molecule has 1 aliphatic rings. The van der Waals surface area contributed by atoms with Gasteiger partial charge in [0, 0.05) is 12.0 Å². The van der Waals surface area contributed by atoms with Crippen molar-refractivity contribution in [2.75, 3.05) is 0 Å². The van der Waals surface area contributed by atoms with Crippen molar-refractivity contribution in [3.05, 3.63) is 78.4 Å². The Labute approximate surface area is 112 Å². The van der Waals surface area contributed by atoms with Gasteiger partial charge in [-0.1, -0.05) is 72.8 Å². The second-order valence-corrected chi connectivity index (χ2v) is 4.55. The Bertz CT molecular complexity index is 663. The SMILES string of the molecule is O=C1CC=CC=C1c1ccccc1-c1ccccc1. The monoisotopic (exact) mass is 246 g/mol. The van der Waals surface area contributed by atoms with Gasteiger partial charge in [-0.15, -0.1) is 0 Å². The molecule has 3 rings (SSSR count). The smallest absolute Gasteiger partial charge is 0.167 e. The molecule has 0 spiro atoms. The van der Waals surface area contributed by atoms with E-state index in [-0.39, 0.29) is 5.78 Å². The van der Waals surface area contributed by atoms with Gasteiger partial charge < -0.3 is 0 Å². The number of ketones is 1. The van der Waals surface area contributed by atoms with E-state index in [2.05, 4.69) is 18.2 Å². The first-order valence-electron chi connectivity index (χ1n) is 6.41. The minimum absolute atomic E-state index is 0.186. The van der Waals surface area contributed by atoms with E-state index in [1.54, 1.807) is 0 Å². The molecule has 0 bridgehead atoms. The van der Waals surface area contributed by atoms with Gasteiger partial charge in [-0.2, -0.15) is 0 Å². The average molecular weight is 246 g/mol. The van der Waals surface area contributed by atoms with Crippen molar-refractivity contribution >= 4 is 11.4 Å². The van der Waals surface area contributed by atoms with Crippen LogP contribution in [0.1, 0.15) is 12.0 Å². The minimum Gasteiger partial charge on any atom is -0.294 e. The lowest BCUT2D eigenvalue weighted by Crippen LogP contribution is -2.04. The fraction of sp³-hybridized carbons (Fsp3) is 0.0556. The summed E-state index contributed by atoms with van der Waals surface area (Å²) in [7, 11) is 0. The Morgan fingerprint density at radius 2 is 1.47 bits per heavy atom. The largest absolute Gasteiger partial charge is 0.294 e. The normalized spacial score (nSPS) is 14.3. The van der Waals surface area contributed by atoms with E-state index in [0.29, 0.717) is 6.42 Å². The first-order chi connectivity index (χ1) is 9.36. The number of rotatable bonds is 2. The van der Waals surface area contributed by atoms with Gasteiger partial charge in [0.1, 0.15) is 0 Å². The number of benzene rings is 2. The van der Waals surface area contributed by atoms with Gasteiger partial charge in [-0.25, -0.2) is 0 Å². The van der Waals surface area contributed by atoms with Crippen LogP contribution in [0.2, 0.25) is 0 Å². The number of hydrogen-bond donors (Lipinski definition) is 0. The summed E-state index contributed by atoms with van der Waals surface area (Å²) in [6, 6.07) is 18.3. The molecule has 2 aromatic rings. The highest BCUT2D eigenvalue weighted by Crippen LogP contribution is 2.30. The molecule has 92 valence electrons. The molecular weight excluding hydrogens is 232 g/mol. The van der Waals surface area contributed by atoms with E-state index in [9.17, 15) is 4.79 Å². The maximum Gasteiger partial charge on any atom is 0.167 e. The highest BCUT2D eigenvalue weighted by atomic mass is 16.1. The molecule has 0 N–H and O–H groups in total. The van der Waals surface area contributed by atoms with E-state index < -0.39 is 0 Å². The highest BCUT2D eigenvalue weighted by Gasteiger charge is 2.16. The molecule has 0 saturated heterocycles. The van der Waals surface area contributed by atoms with Crippen LogP contribution in [-0.4, -0.2) is 5.78 Å². The summed E-state index contributed by atoms with van der Waals surface area (Å²) in [5, 5.41) is 0. The molecule has 2 aromatic carbocycles. The lowest BCUT2D eigenvalue weighted by Gasteiger charge is -2.13. The second kappa shape index (κ2) is 5.07. The van der Waals surface area contributed by atoms with Gasteiger partial charge in [-0.3, -0.25) is 4.79 Å². The third kappa shape index (κ3) is 2.27. The summed E-state index contributed by atoms with van der Waals surface area (Å²) >= 11 is 0. The molecule has 1 heteroatoms. The molecule has 0 fully saturated rings. The third-order valence-corrected chi connectivity index (χ3v) is 3.30. The van der Waals surface area contributed by atoms with Gasteiger partial charge >= 0.3 is 0 Å². The van der Waals surface area contributed by atoms with Crippen LogP contribution < -0.4 is 0 Å². The summed E-state index contributed by atoms with van der Waals surface area (Å²) in [6.45, 7) is 0. The van der Waals surface area contributed by atoms with Crippen LogP contribution in [0.4, 0.5) is 0 Å². The van der Waals surface area contributed by atoms with Crippen molar-refractivity contribution in [1.29, 1.82) is 0 Å². The minimum atomic E-state index is 0.186. The molecule has 0 atom stereocenters. The van der Waals surface area contributed by atoms with Crippen molar-refractivity contribution < 1.29 is 4.79 Å². The lowest BCUT2D eigenvalue weighted by atomic mass is 9.90. The number of carbonyl (C=O) groups excluding carboxylic acids is 1. The topological polar surface area (TPSA) is 17.1 Å². The van der Waals surface area contributed by atoms with Gasteiger partial charge in [0.25, 0.3) is 0 Å². The summed E-state index contributed by atoms with van der Waals surface area (Å²) in [4.78, 5) is 12.1. The van der Waals surface area contributed by atoms with E-state index >= 15 is 0 Å². The van der Waals surface area contributed by atoms with Crippen molar-refractivity contribution in [2.45, 2.75) is 6.42 Å². The number of allylic oxidation sites excluding steroid dienone is 4. The van der Waals surface area contributed by atoms with Gasteiger partial charge in [0.2, 0.25) is 0 Å². The predicted molar refractivity (Wildman–Crippen MR) is 78.6 cm³/mol. The standard InChI is InChI=1S/C18H14O/c19-18-13-7-6-12-17(18)16-11-5-4-10-15(16)14-8-2-1-3-9-14/h1-12H,13H2. The summed E-state index contributed by atoms with van der Waals surface area (Å²) in [6.07, 6.45) is 6.26. The molecule has 1 aliphatic carbocycles. The maximum atomic E-state index is 12.1. The van der Waals surface area contributed by atoms with Crippen LogP contribution in [-0.2, 0) is 4.79 Å². The third-order valence-electron chi connectivity index (χ3n) is 3.30. The van der Waals surface area contributed by atoms with Gasteiger partial charge in [0.15, 0.2) is 5.78 Å². The van der Waals surface area contributed by atoms with Crippen LogP contribution >= 0.6 is 0 Å². The van der Waals surface area contributed by atoms with Crippen LogP contribution in [0, 0.1) is 0 Å². The molecule has 0 heterocycles. The van der Waals surface area contributed by atoms with Crippen LogP contribution in [0.25, 0.3) is 16.7 Å². The molecule has 1 nitrogen and oxygen atoms in total. The zero-order valence-electron chi connectivity index (χ0n) is 10.5. The molecule has 0 unspecified atom stereocenters. The van der Waals surface area contributed by atoms with Crippen molar-refractivity contribution in [1.82, 2.24) is 0 Å². The Morgan fingerprint density at radius 1 is 0.789 bits per heavy atom. The second-order valence-electron chi connectivity index (χ2n) is 4.55. The van der Waals surface area contributed by atoms with E-state index in [4.69, 9.17) is 0 Å². The number of hydrogen-bond acceptors (Lipinski definition) is 1. The van der Waals surface area contributed by atoms with E-state index in [1.807, 2.05) is 54.6 Å². The zero-order valence-corrected chi connectivity index (χ0v) is 10.5. The van der Waals surface area contributed by atoms with Crippen LogP contribution in [0.5, 0.6) is 0 Å². The molecule has 0 radical (unpaired) electrons. The van der Waals surface area contributed by atoms with Crippen LogP contribution in [0.15, 0.2) is 72.8 Å². The average Bonchev–Trinajstić information content (AvgIpc) is 2.49. The molecule has 0 aliphatic heterocycles.